The van der Waals surface area contributed by atoms with E-state index >= 15 is 0 Å². The van der Waals surface area contributed by atoms with Crippen LogP contribution >= 0.6 is 23.1 Å². The summed E-state index contributed by atoms with van der Waals surface area (Å²) in [6, 6.07) is 7.30. The number of aromatic nitrogens is 1. The molecule has 0 aliphatic carbocycles. The smallest absolute Gasteiger partial charge is 0.337 e. The molecule has 2 N–H and O–H groups in total. The average Bonchev–Trinajstić information content (AvgIpc) is 2.82. The number of rotatable bonds is 4. The molecule has 1 heterocycles. The number of hydrogen-bond acceptors (Lipinski definition) is 6. The molecule has 0 amide bonds. The molecule has 0 aliphatic heterocycles. The number of carbonyl (C=O) groups excluding carboxylic acids is 1. The molecule has 0 spiro atoms. The third-order valence-corrected chi connectivity index (χ3v) is 4.00. The number of nitrogen functional groups attached to an aromatic ring is 1. The number of nitrogens with two attached hydrogens (primary N) is 1. The van der Waals surface area contributed by atoms with Gasteiger partial charge in [-0.2, -0.15) is 0 Å². The molecule has 1 aromatic carbocycles. The van der Waals surface area contributed by atoms with Crippen LogP contribution < -0.4 is 5.73 Å². The molecule has 6 heteroatoms. The summed E-state index contributed by atoms with van der Waals surface area (Å²) in [5, 5.41) is 2.54. The number of thiazole rings is 1. The third-order valence-electron chi connectivity index (χ3n) is 2.23. The lowest BCUT2D eigenvalue weighted by atomic mass is 10.2. The van der Waals surface area contributed by atoms with Crippen LogP contribution in [0.2, 0.25) is 0 Å². The van der Waals surface area contributed by atoms with E-state index < -0.39 is 0 Å². The monoisotopic (exact) mass is 280 g/mol. The van der Waals surface area contributed by atoms with Crippen molar-refractivity contribution in [2.45, 2.75) is 10.6 Å². The van der Waals surface area contributed by atoms with Crippen LogP contribution in [0.1, 0.15) is 16.1 Å². The van der Waals surface area contributed by atoms with Gasteiger partial charge in [0, 0.05) is 16.0 Å². The van der Waals surface area contributed by atoms with Crippen molar-refractivity contribution in [3.8, 4) is 0 Å². The van der Waals surface area contributed by atoms with Gasteiger partial charge in [-0.25, -0.2) is 9.78 Å². The minimum atomic E-state index is -0.321. The Morgan fingerprint density at radius 2 is 2.17 bits per heavy atom. The van der Waals surface area contributed by atoms with Crippen molar-refractivity contribution in [3.63, 3.8) is 0 Å². The molecule has 2 rings (SSSR count). The first-order chi connectivity index (χ1) is 8.69. The van der Waals surface area contributed by atoms with Gasteiger partial charge in [-0.1, -0.05) is 0 Å². The number of hydrogen-bond donors (Lipinski definition) is 1. The van der Waals surface area contributed by atoms with Gasteiger partial charge in [0.1, 0.15) is 0 Å². The zero-order chi connectivity index (χ0) is 13.0. The topological polar surface area (TPSA) is 65.2 Å². The summed E-state index contributed by atoms with van der Waals surface area (Å²) in [5.41, 5.74) is 7.09. The van der Waals surface area contributed by atoms with E-state index in [4.69, 9.17) is 5.73 Å². The highest BCUT2D eigenvalue weighted by Gasteiger charge is 2.05. The molecule has 94 valence electrons. The highest BCUT2D eigenvalue weighted by atomic mass is 32.2. The summed E-state index contributed by atoms with van der Waals surface area (Å²) in [5.74, 6) is 0.449. The minimum absolute atomic E-state index is 0.321. The minimum Gasteiger partial charge on any atom is -0.465 e. The van der Waals surface area contributed by atoms with E-state index in [0.29, 0.717) is 10.7 Å². The first-order valence-corrected chi connectivity index (χ1v) is 7.06. The molecular weight excluding hydrogens is 268 g/mol. The predicted octanol–water partition coefficient (Wildman–Crippen LogP) is 2.80. The van der Waals surface area contributed by atoms with Crippen molar-refractivity contribution in [2.75, 3.05) is 12.8 Å². The van der Waals surface area contributed by atoms with Crippen LogP contribution in [-0.4, -0.2) is 18.1 Å². The third kappa shape index (κ3) is 3.24. The number of thioether (sulfide) groups is 1. The maximum Gasteiger partial charge on any atom is 0.337 e. The Labute approximate surface area is 113 Å². The highest BCUT2D eigenvalue weighted by molar-refractivity contribution is 7.98. The van der Waals surface area contributed by atoms with Crippen LogP contribution in [0.25, 0.3) is 0 Å². The molecule has 0 saturated carbocycles. The van der Waals surface area contributed by atoms with Crippen molar-refractivity contribution in [2.24, 2.45) is 0 Å². The Morgan fingerprint density at radius 3 is 2.72 bits per heavy atom. The van der Waals surface area contributed by atoms with E-state index in [2.05, 4.69) is 9.72 Å². The molecule has 0 radical (unpaired) electrons. The number of methoxy groups -OCH3 is 1. The molecule has 0 aliphatic rings. The van der Waals surface area contributed by atoms with Gasteiger partial charge in [-0.3, -0.25) is 0 Å². The quantitative estimate of drug-likeness (QED) is 0.689. The fourth-order valence-electron chi connectivity index (χ4n) is 1.35. The Balaban J connectivity index is 1.96. The molecule has 0 fully saturated rings. The number of benzene rings is 1. The second-order valence-electron chi connectivity index (χ2n) is 3.48. The number of nitrogens with zero attached hydrogens (tertiary/aromatic N) is 1. The van der Waals surface area contributed by atoms with Crippen LogP contribution in [0.4, 0.5) is 5.13 Å². The maximum absolute atomic E-state index is 11.3. The lowest BCUT2D eigenvalue weighted by Gasteiger charge is -2.02. The molecule has 1 aromatic heterocycles. The number of ether oxygens (including phenoxy) is 1. The molecule has 18 heavy (non-hydrogen) atoms. The normalized spacial score (nSPS) is 10.3. The van der Waals surface area contributed by atoms with Crippen LogP contribution in [0.15, 0.2) is 34.5 Å². The van der Waals surface area contributed by atoms with E-state index in [1.807, 2.05) is 17.5 Å². The second-order valence-corrected chi connectivity index (χ2v) is 5.42. The number of esters is 1. The number of anilines is 1. The van der Waals surface area contributed by atoms with E-state index in [-0.39, 0.29) is 5.97 Å². The Morgan fingerprint density at radius 1 is 1.44 bits per heavy atom. The number of carbonyl (C=O) groups is 1. The Kier molecular flexibility index (Phi) is 4.22. The fourth-order valence-corrected chi connectivity index (χ4v) is 2.81. The van der Waals surface area contributed by atoms with Crippen LogP contribution in [-0.2, 0) is 10.5 Å². The zero-order valence-corrected chi connectivity index (χ0v) is 11.4. The summed E-state index contributed by atoms with van der Waals surface area (Å²) < 4.78 is 4.64. The molecule has 2 aromatic rings. The largest absolute Gasteiger partial charge is 0.465 e. The highest BCUT2D eigenvalue weighted by Crippen LogP contribution is 2.24. The second kappa shape index (κ2) is 5.88. The Hall–Kier alpha value is -1.53. The van der Waals surface area contributed by atoms with E-state index in [9.17, 15) is 4.79 Å². The summed E-state index contributed by atoms with van der Waals surface area (Å²) >= 11 is 3.09. The SMILES string of the molecule is COC(=O)c1ccc(SCc2csc(N)n2)cc1. The summed E-state index contributed by atoms with van der Waals surface area (Å²) in [4.78, 5) is 16.5. The van der Waals surface area contributed by atoms with Gasteiger partial charge >= 0.3 is 5.97 Å². The van der Waals surface area contributed by atoms with Crippen molar-refractivity contribution in [1.29, 1.82) is 0 Å². The van der Waals surface area contributed by atoms with Gasteiger partial charge in [0.15, 0.2) is 5.13 Å². The predicted molar refractivity (Wildman–Crippen MR) is 73.9 cm³/mol. The van der Waals surface area contributed by atoms with Gasteiger partial charge in [-0.05, 0) is 24.3 Å². The van der Waals surface area contributed by atoms with E-state index in [1.54, 1.807) is 23.9 Å². The summed E-state index contributed by atoms with van der Waals surface area (Å²) in [6.07, 6.45) is 0. The first kappa shape index (κ1) is 12.9. The zero-order valence-electron chi connectivity index (χ0n) is 9.75. The van der Waals surface area contributed by atoms with Crippen LogP contribution in [0.5, 0.6) is 0 Å². The molecular formula is C12H12N2O2S2. The van der Waals surface area contributed by atoms with Crippen molar-refractivity contribution in [1.82, 2.24) is 4.98 Å². The molecule has 0 bridgehead atoms. The van der Waals surface area contributed by atoms with Gasteiger partial charge in [0.2, 0.25) is 0 Å². The average molecular weight is 280 g/mol. The maximum atomic E-state index is 11.3. The van der Waals surface area contributed by atoms with Gasteiger partial charge in [0.05, 0.1) is 18.4 Å². The fraction of sp³-hybridized carbons (Fsp3) is 0.167. The Bertz CT molecular complexity index is 537. The standard InChI is InChI=1S/C12H12N2O2S2/c1-16-11(15)8-2-4-10(5-3-8)17-6-9-7-18-12(13)14-9/h2-5,7H,6H2,1H3,(H2,13,14). The molecule has 0 atom stereocenters. The van der Waals surface area contributed by atoms with Crippen molar-refractivity contribution < 1.29 is 9.53 Å². The van der Waals surface area contributed by atoms with Crippen molar-refractivity contribution in [3.05, 3.63) is 40.9 Å². The molecule has 4 nitrogen and oxygen atoms in total. The lowest BCUT2D eigenvalue weighted by Crippen LogP contribution is -2.00. The van der Waals surface area contributed by atoms with Gasteiger partial charge < -0.3 is 10.5 Å². The van der Waals surface area contributed by atoms with Crippen LogP contribution in [0, 0.1) is 0 Å². The lowest BCUT2D eigenvalue weighted by molar-refractivity contribution is 0.0600. The summed E-state index contributed by atoms with van der Waals surface area (Å²) in [7, 11) is 1.37. The summed E-state index contributed by atoms with van der Waals surface area (Å²) in [6.45, 7) is 0. The van der Waals surface area contributed by atoms with E-state index in [1.165, 1.54) is 18.4 Å². The van der Waals surface area contributed by atoms with Crippen LogP contribution in [0.3, 0.4) is 0 Å². The van der Waals surface area contributed by atoms with Gasteiger partial charge in [0.25, 0.3) is 0 Å². The first-order valence-electron chi connectivity index (χ1n) is 5.20. The van der Waals surface area contributed by atoms with Crippen molar-refractivity contribution >= 4 is 34.2 Å². The van der Waals surface area contributed by atoms with E-state index in [0.717, 1.165) is 16.3 Å². The molecule has 0 unspecified atom stereocenters. The van der Waals surface area contributed by atoms with Gasteiger partial charge in [-0.15, -0.1) is 23.1 Å². The molecule has 0 saturated heterocycles.